The van der Waals surface area contributed by atoms with Crippen LogP contribution in [0.1, 0.15) is 89.8 Å². The molecule has 13 heteroatoms. The number of nitrogens with zero attached hydrogens (tertiary/aromatic N) is 3. The highest BCUT2D eigenvalue weighted by molar-refractivity contribution is 7.07. The van der Waals surface area contributed by atoms with Crippen molar-refractivity contribution in [1.29, 1.82) is 0 Å². The van der Waals surface area contributed by atoms with Crippen LogP contribution < -0.4 is 15.4 Å². The summed E-state index contributed by atoms with van der Waals surface area (Å²) in [6.07, 6.45) is 4.94. The predicted octanol–water partition coefficient (Wildman–Crippen LogP) is 5.23. The SMILES string of the molecule is CC(C)(C)OC(=O)N[C@H]1CCCCCCCC2CC2(C(=O)O)NC(=O)[C@@H]2C[C@@H](Oc3nc4ccccc4nc3Cc3ccsc3)CN2C1=O. The smallest absolute Gasteiger partial charge is 0.408 e. The fourth-order valence-corrected chi connectivity index (χ4v) is 7.64. The number of carboxylic acid groups (broad SMARTS) is 1. The van der Waals surface area contributed by atoms with Crippen molar-refractivity contribution >= 4 is 46.2 Å². The Hall–Kier alpha value is -4.26. The average molecular weight is 692 g/mol. The second-order valence-electron chi connectivity index (χ2n) is 14.5. The van der Waals surface area contributed by atoms with Gasteiger partial charge >= 0.3 is 12.1 Å². The lowest BCUT2D eigenvalue weighted by atomic mass is 10.0. The van der Waals surface area contributed by atoms with E-state index in [-0.39, 0.29) is 18.9 Å². The molecule has 6 rings (SSSR count). The molecule has 1 aromatic carbocycles. The van der Waals surface area contributed by atoms with Crippen LogP contribution >= 0.6 is 11.3 Å². The molecule has 4 heterocycles. The second-order valence-corrected chi connectivity index (χ2v) is 15.2. The van der Waals surface area contributed by atoms with Gasteiger partial charge in [0.1, 0.15) is 35.0 Å². The van der Waals surface area contributed by atoms with Crippen molar-refractivity contribution in [3.8, 4) is 5.88 Å². The van der Waals surface area contributed by atoms with E-state index in [0.717, 1.165) is 36.8 Å². The molecule has 3 fully saturated rings. The molecule has 12 nitrogen and oxygen atoms in total. The molecule has 2 aliphatic heterocycles. The van der Waals surface area contributed by atoms with Gasteiger partial charge in [0.2, 0.25) is 17.7 Å². The van der Waals surface area contributed by atoms with Gasteiger partial charge in [-0.25, -0.2) is 19.6 Å². The quantitative estimate of drug-likeness (QED) is 0.315. The van der Waals surface area contributed by atoms with Crippen molar-refractivity contribution in [3.05, 3.63) is 52.3 Å². The largest absolute Gasteiger partial charge is 0.479 e. The van der Waals surface area contributed by atoms with Gasteiger partial charge in [-0.3, -0.25) is 9.59 Å². The summed E-state index contributed by atoms with van der Waals surface area (Å²) in [6, 6.07) is 7.57. The molecule has 3 amide bonds. The number of carboxylic acids is 1. The third kappa shape index (κ3) is 8.14. The molecule has 2 unspecified atom stereocenters. The first-order valence-electron chi connectivity index (χ1n) is 17.2. The highest BCUT2D eigenvalue weighted by atomic mass is 32.1. The molecule has 0 spiro atoms. The van der Waals surface area contributed by atoms with Gasteiger partial charge in [-0.05, 0) is 80.5 Å². The Kier molecular flexibility index (Phi) is 10.1. The molecular weight excluding hydrogens is 646 g/mol. The van der Waals surface area contributed by atoms with E-state index in [1.807, 2.05) is 41.1 Å². The minimum Gasteiger partial charge on any atom is -0.479 e. The third-order valence-corrected chi connectivity index (χ3v) is 10.3. The van der Waals surface area contributed by atoms with Gasteiger partial charge in [-0.15, -0.1) is 0 Å². The van der Waals surface area contributed by atoms with E-state index in [4.69, 9.17) is 19.4 Å². The maximum atomic E-state index is 14.3. The van der Waals surface area contributed by atoms with Crippen molar-refractivity contribution in [2.75, 3.05) is 6.54 Å². The first-order chi connectivity index (χ1) is 23.4. The van der Waals surface area contributed by atoms with Gasteiger partial charge in [0.05, 0.1) is 17.6 Å². The molecule has 3 aliphatic rings. The minimum absolute atomic E-state index is 0.0410. The monoisotopic (exact) mass is 691 g/mol. The fourth-order valence-electron chi connectivity index (χ4n) is 6.98. The van der Waals surface area contributed by atoms with E-state index in [0.29, 0.717) is 49.2 Å². The highest BCUT2D eigenvalue weighted by Crippen LogP contribution is 2.47. The summed E-state index contributed by atoms with van der Waals surface area (Å²) < 4.78 is 12.0. The topological polar surface area (TPSA) is 160 Å². The first kappa shape index (κ1) is 34.6. The molecule has 1 aliphatic carbocycles. The maximum Gasteiger partial charge on any atom is 0.408 e. The second kappa shape index (κ2) is 14.3. The number of hydrogen-bond donors (Lipinski definition) is 3. The summed E-state index contributed by atoms with van der Waals surface area (Å²) in [5, 5.41) is 19.8. The summed E-state index contributed by atoms with van der Waals surface area (Å²) in [5.41, 5.74) is 0.946. The van der Waals surface area contributed by atoms with Crippen molar-refractivity contribution in [2.45, 2.75) is 114 Å². The van der Waals surface area contributed by atoms with Crippen molar-refractivity contribution in [1.82, 2.24) is 25.5 Å². The molecule has 49 heavy (non-hydrogen) atoms. The number of aliphatic carboxylic acids is 1. The summed E-state index contributed by atoms with van der Waals surface area (Å²) in [7, 11) is 0. The number of aromatic nitrogens is 2. The van der Waals surface area contributed by atoms with Crippen molar-refractivity contribution < 1.29 is 33.8 Å². The Morgan fingerprint density at radius 1 is 1.06 bits per heavy atom. The van der Waals surface area contributed by atoms with Gasteiger partial charge < -0.3 is 30.1 Å². The number of amides is 3. The van der Waals surface area contributed by atoms with E-state index in [9.17, 15) is 24.3 Å². The Balaban J connectivity index is 1.31. The normalized spacial score (nSPS) is 26.5. The average Bonchev–Trinajstić information content (AvgIpc) is 3.33. The number of nitrogens with one attached hydrogen (secondary N) is 2. The Morgan fingerprint density at radius 3 is 2.47 bits per heavy atom. The van der Waals surface area contributed by atoms with Crippen LogP contribution in [0.4, 0.5) is 4.79 Å². The lowest BCUT2D eigenvalue weighted by Gasteiger charge is -2.30. The summed E-state index contributed by atoms with van der Waals surface area (Å²) in [5.74, 6) is -1.89. The molecule has 0 bridgehead atoms. The number of fused-ring (bicyclic) bond motifs is 3. The summed E-state index contributed by atoms with van der Waals surface area (Å²) in [4.78, 5) is 64.9. The Morgan fingerprint density at radius 2 is 1.78 bits per heavy atom. The number of para-hydroxylation sites is 2. The van der Waals surface area contributed by atoms with Gasteiger partial charge in [0, 0.05) is 12.8 Å². The molecule has 5 atom stereocenters. The molecule has 3 N–H and O–H groups in total. The van der Waals surface area contributed by atoms with Crippen LogP contribution in [-0.2, 0) is 25.5 Å². The summed E-state index contributed by atoms with van der Waals surface area (Å²) >= 11 is 1.58. The lowest BCUT2D eigenvalue weighted by molar-refractivity contribution is -0.146. The molecule has 1 saturated carbocycles. The standard InChI is InChI=1S/C36H45N5O7S/c1-35(2,3)48-34(46)39-27-14-8-6-4-5-7-11-23-19-36(23,33(44)45)40-30(42)29-18-24(20-41(29)32(27)43)47-31-28(17-22-15-16-49-21-22)37-25-12-9-10-13-26(25)38-31/h9-10,12-13,15-16,21,23-24,27,29H,4-8,11,14,17-20H2,1-3H3,(H,39,46)(H,40,42)(H,44,45)/t23?,24-,27+,29+,36?/m1/s1. The van der Waals surface area contributed by atoms with Crippen LogP contribution in [0.2, 0.25) is 0 Å². The van der Waals surface area contributed by atoms with Crippen LogP contribution in [0, 0.1) is 5.92 Å². The van der Waals surface area contributed by atoms with Gasteiger partial charge in [-0.2, -0.15) is 11.3 Å². The molecular formula is C36H45N5O7S. The fraction of sp³-hybridized carbons (Fsp3) is 0.556. The van der Waals surface area contributed by atoms with Crippen LogP contribution in [0.25, 0.3) is 11.0 Å². The molecule has 3 aromatic rings. The number of thiophene rings is 1. The number of benzene rings is 1. The number of alkyl carbamates (subject to hydrolysis) is 1. The van der Waals surface area contributed by atoms with Crippen LogP contribution in [0.15, 0.2) is 41.1 Å². The lowest BCUT2D eigenvalue weighted by Crippen LogP contribution is -2.56. The van der Waals surface area contributed by atoms with Gasteiger partial charge in [0.25, 0.3) is 0 Å². The van der Waals surface area contributed by atoms with Crippen LogP contribution in [-0.4, -0.2) is 79.7 Å². The molecule has 262 valence electrons. The molecule has 2 saturated heterocycles. The van der Waals surface area contributed by atoms with Gasteiger partial charge in [-0.1, -0.05) is 44.2 Å². The Labute approximate surface area is 290 Å². The number of hydrogen-bond acceptors (Lipinski definition) is 9. The molecule has 0 radical (unpaired) electrons. The Bertz CT molecular complexity index is 1690. The van der Waals surface area contributed by atoms with Gasteiger partial charge in [0.15, 0.2) is 0 Å². The number of carbonyl (C=O) groups is 4. The zero-order valence-corrected chi connectivity index (χ0v) is 29.1. The van der Waals surface area contributed by atoms with E-state index in [1.165, 1.54) is 4.90 Å². The van der Waals surface area contributed by atoms with E-state index < -0.39 is 53.2 Å². The molecule has 2 aromatic heterocycles. The van der Waals surface area contributed by atoms with E-state index in [2.05, 4.69) is 10.6 Å². The summed E-state index contributed by atoms with van der Waals surface area (Å²) in [6.45, 7) is 5.29. The minimum atomic E-state index is -1.35. The van der Waals surface area contributed by atoms with Crippen LogP contribution in [0.3, 0.4) is 0 Å². The van der Waals surface area contributed by atoms with Crippen molar-refractivity contribution in [3.63, 3.8) is 0 Å². The van der Waals surface area contributed by atoms with E-state index in [1.54, 1.807) is 32.1 Å². The number of rotatable bonds is 6. The van der Waals surface area contributed by atoms with Crippen LogP contribution in [0.5, 0.6) is 5.88 Å². The zero-order chi connectivity index (χ0) is 34.8. The van der Waals surface area contributed by atoms with E-state index >= 15 is 0 Å². The highest BCUT2D eigenvalue weighted by Gasteiger charge is 2.62. The predicted molar refractivity (Wildman–Crippen MR) is 183 cm³/mol. The first-order valence-corrected chi connectivity index (χ1v) is 18.1. The van der Waals surface area contributed by atoms with Crippen molar-refractivity contribution in [2.24, 2.45) is 5.92 Å². The number of carbonyl (C=O) groups excluding carboxylic acids is 3. The maximum absolute atomic E-state index is 14.3. The third-order valence-electron chi connectivity index (χ3n) is 9.55. The zero-order valence-electron chi connectivity index (χ0n) is 28.3. The number of ether oxygens (including phenoxy) is 2.